The van der Waals surface area contributed by atoms with Crippen LogP contribution in [-0.4, -0.2) is 34.3 Å². The van der Waals surface area contributed by atoms with E-state index in [9.17, 15) is 9.90 Å². The van der Waals surface area contributed by atoms with Gasteiger partial charge in [-0.15, -0.1) is 0 Å². The molecule has 0 radical (unpaired) electrons. The number of pyridine rings is 1. The van der Waals surface area contributed by atoms with Crippen molar-refractivity contribution < 1.29 is 15.0 Å². The number of hydrogen-bond donors (Lipinski definition) is 3. The van der Waals surface area contributed by atoms with Gasteiger partial charge in [0.15, 0.2) is 5.69 Å². The second kappa shape index (κ2) is 6.52. The van der Waals surface area contributed by atoms with Crippen LogP contribution >= 0.6 is 0 Å². The van der Waals surface area contributed by atoms with Crippen molar-refractivity contribution in [2.24, 2.45) is 11.8 Å². The molecule has 3 N–H and O–H groups in total. The summed E-state index contributed by atoms with van der Waals surface area (Å²) in [4.78, 5) is 14.9. The Morgan fingerprint density at radius 1 is 1.32 bits per heavy atom. The van der Waals surface area contributed by atoms with E-state index in [4.69, 9.17) is 5.11 Å². The second-order valence-corrected chi connectivity index (χ2v) is 5.08. The summed E-state index contributed by atoms with van der Waals surface area (Å²) in [5.74, 6) is 0.356. The minimum Gasteiger partial charge on any atom is -0.477 e. The smallest absolute Gasteiger partial charge is 0.354 e. The van der Waals surface area contributed by atoms with Gasteiger partial charge in [-0.25, -0.2) is 9.78 Å². The van der Waals surface area contributed by atoms with Gasteiger partial charge >= 0.3 is 5.97 Å². The van der Waals surface area contributed by atoms with E-state index in [1.54, 1.807) is 12.1 Å². The number of aromatic carboxylic acids is 1. The molecule has 1 aliphatic rings. The molecule has 5 nitrogen and oxygen atoms in total. The number of carbonyl (C=O) groups is 1. The van der Waals surface area contributed by atoms with Crippen LogP contribution in [0.25, 0.3) is 0 Å². The normalized spacial score (nSPS) is 23.0. The number of carboxylic acids is 1. The molecule has 1 aromatic heterocycles. The van der Waals surface area contributed by atoms with E-state index in [0.717, 1.165) is 19.4 Å². The fourth-order valence-corrected chi connectivity index (χ4v) is 2.68. The van der Waals surface area contributed by atoms with Crippen molar-refractivity contribution in [2.75, 3.05) is 18.5 Å². The Balaban J connectivity index is 1.94. The van der Waals surface area contributed by atoms with E-state index in [-0.39, 0.29) is 12.3 Å². The van der Waals surface area contributed by atoms with E-state index in [2.05, 4.69) is 10.3 Å². The summed E-state index contributed by atoms with van der Waals surface area (Å²) in [6.45, 7) is 0.968. The number of hydrogen-bond acceptors (Lipinski definition) is 4. The third kappa shape index (κ3) is 3.67. The van der Waals surface area contributed by atoms with Gasteiger partial charge < -0.3 is 15.5 Å². The molecular weight excluding hydrogens is 244 g/mol. The highest BCUT2D eigenvalue weighted by Gasteiger charge is 2.24. The Labute approximate surface area is 112 Å². The molecule has 2 rings (SSSR count). The number of aromatic nitrogens is 1. The fourth-order valence-electron chi connectivity index (χ4n) is 2.68. The quantitative estimate of drug-likeness (QED) is 0.757. The van der Waals surface area contributed by atoms with Crippen LogP contribution in [0.15, 0.2) is 18.2 Å². The highest BCUT2D eigenvalue weighted by molar-refractivity contribution is 5.85. The third-order valence-corrected chi connectivity index (χ3v) is 3.81. The highest BCUT2D eigenvalue weighted by atomic mass is 16.4. The number of aliphatic hydroxyl groups is 1. The number of carboxylic acid groups (broad SMARTS) is 1. The first-order valence-corrected chi connectivity index (χ1v) is 6.76. The van der Waals surface area contributed by atoms with Crippen LogP contribution in [0.4, 0.5) is 5.82 Å². The van der Waals surface area contributed by atoms with Gasteiger partial charge in [0.05, 0.1) is 0 Å². The van der Waals surface area contributed by atoms with E-state index < -0.39 is 5.97 Å². The largest absolute Gasteiger partial charge is 0.477 e. The van der Waals surface area contributed by atoms with E-state index in [1.807, 2.05) is 0 Å². The number of nitrogens with one attached hydrogen (secondary N) is 1. The second-order valence-electron chi connectivity index (χ2n) is 5.08. The highest BCUT2D eigenvalue weighted by Crippen LogP contribution is 2.29. The molecule has 2 atom stereocenters. The molecule has 1 fully saturated rings. The van der Waals surface area contributed by atoms with Gasteiger partial charge in [0.2, 0.25) is 0 Å². The maximum Gasteiger partial charge on any atom is 0.354 e. The molecule has 0 saturated heterocycles. The van der Waals surface area contributed by atoms with Crippen LogP contribution in [0.1, 0.15) is 36.2 Å². The minimum atomic E-state index is -1.02. The minimum absolute atomic E-state index is 0.0485. The van der Waals surface area contributed by atoms with Crippen LogP contribution in [-0.2, 0) is 0 Å². The molecule has 1 aromatic rings. The molecule has 1 saturated carbocycles. The average molecular weight is 264 g/mol. The first kappa shape index (κ1) is 13.8. The first-order valence-electron chi connectivity index (χ1n) is 6.76. The van der Waals surface area contributed by atoms with Crippen molar-refractivity contribution >= 4 is 11.8 Å². The summed E-state index contributed by atoms with van der Waals surface area (Å²) in [5, 5.41) is 21.4. The van der Waals surface area contributed by atoms with Crippen LogP contribution in [0, 0.1) is 11.8 Å². The lowest BCUT2D eigenvalue weighted by Gasteiger charge is -2.30. The summed E-state index contributed by atoms with van der Waals surface area (Å²) >= 11 is 0. The SMILES string of the molecule is O=C(O)c1cccc(NCC2CCCCC2CO)n1. The zero-order valence-electron chi connectivity index (χ0n) is 10.9. The summed E-state index contributed by atoms with van der Waals surface area (Å²) in [5.41, 5.74) is 0.0485. The predicted octanol–water partition coefficient (Wildman–Crippen LogP) is 1.99. The van der Waals surface area contributed by atoms with E-state index in [0.29, 0.717) is 17.7 Å². The molecule has 1 heterocycles. The van der Waals surface area contributed by atoms with E-state index >= 15 is 0 Å². The van der Waals surface area contributed by atoms with Gasteiger partial charge in [-0.3, -0.25) is 0 Å². The zero-order chi connectivity index (χ0) is 13.7. The number of nitrogens with zero attached hydrogens (tertiary/aromatic N) is 1. The van der Waals surface area contributed by atoms with Crippen molar-refractivity contribution in [3.8, 4) is 0 Å². The Kier molecular flexibility index (Phi) is 4.74. The van der Waals surface area contributed by atoms with Crippen LogP contribution in [0.2, 0.25) is 0 Å². The summed E-state index contributed by atoms with van der Waals surface area (Å²) in [7, 11) is 0. The fraction of sp³-hybridized carbons (Fsp3) is 0.571. The molecule has 0 bridgehead atoms. The van der Waals surface area contributed by atoms with Crippen molar-refractivity contribution in [3.63, 3.8) is 0 Å². The molecule has 0 amide bonds. The van der Waals surface area contributed by atoms with Crippen molar-refractivity contribution in [3.05, 3.63) is 23.9 Å². The number of aliphatic hydroxyl groups excluding tert-OH is 1. The number of anilines is 1. The van der Waals surface area contributed by atoms with Crippen LogP contribution in [0.3, 0.4) is 0 Å². The summed E-state index contributed by atoms with van der Waals surface area (Å²) in [6.07, 6.45) is 4.57. The lowest BCUT2D eigenvalue weighted by molar-refractivity contribution is 0.0690. The lowest BCUT2D eigenvalue weighted by atomic mass is 9.79. The standard InChI is InChI=1S/C14H20N2O3/c17-9-11-5-2-1-4-10(11)8-15-13-7-3-6-12(16-13)14(18)19/h3,6-7,10-11,17H,1-2,4-5,8-9H2,(H,15,16)(H,18,19). The van der Waals surface area contributed by atoms with Gasteiger partial charge in [-0.05, 0) is 36.8 Å². The summed E-state index contributed by atoms with van der Waals surface area (Å²) in [6, 6.07) is 4.93. The molecule has 0 aromatic carbocycles. The van der Waals surface area contributed by atoms with Crippen molar-refractivity contribution in [2.45, 2.75) is 25.7 Å². The molecule has 1 aliphatic carbocycles. The van der Waals surface area contributed by atoms with Gasteiger partial charge in [-0.2, -0.15) is 0 Å². The lowest BCUT2D eigenvalue weighted by Crippen LogP contribution is -2.28. The molecular formula is C14H20N2O3. The molecule has 5 heteroatoms. The van der Waals surface area contributed by atoms with Gasteiger partial charge in [0.25, 0.3) is 0 Å². The van der Waals surface area contributed by atoms with Crippen molar-refractivity contribution in [1.29, 1.82) is 0 Å². The maximum atomic E-state index is 10.8. The average Bonchev–Trinajstić information content (AvgIpc) is 2.45. The van der Waals surface area contributed by atoms with Crippen LogP contribution < -0.4 is 5.32 Å². The Hall–Kier alpha value is -1.62. The Morgan fingerprint density at radius 2 is 2.05 bits per heavy atom. The first-order chi connectivity index (χ1) is 9.20. The van der Waals surface area contributed by atoms with E-state index in [1.165, 1.54) is 18.9 Å². The zero-order valence-corrected chi connectivity index (χ0v) is 10.9. The van der Waals surface area contributed by atoms with Gasteiger partial charge in [-0.1, -0.05) is 18.9 Å². The Morgan fingerprint density at radius 3 is 2.74 bits per heavy atom. The number of rotatable bonds is 5. The van der Waals surface area contributed by atoms with Gasteiger partial charge in [0.1, 0.15) is 5.82 Å². The molecule has 0 spiro atoms. The predicted molar refractivity (Wildman–Crippen MR) is 72.2 cm³/mol. The molecule has 0 aliphatic heterocycles. The van der Waals surface area contributed by atoms with Gasteiger partial charge in [0, 0.05) is 13.2 Å². The molecule has 104 valence electrons. The third-order valence-electron chi connectivity index (χ3n) is 3.81. The summed E-state index contributed by atoms with van der Waals surface area (Å²) < 4.78 is 0. The topological polar surface area (TPSA) is 82.5 Å². The van der Waals surface area contributed by atoms with Crippen molar-refractivity contribution in [1.82, 2.24) is 4.98 Å². The molecule has 19 heavy (non-hydrogen) atoms. The monoisotopic (exact) mass is 264 g/mol. The Bertz CT molecular complexity index is 436. The maximum absolute atomic E-state index is 10.8. The van der Waals surface area contributed by atoms with Crippen LogP contribution in [0.5, 0.6) is 0 Å². The molecule has 2 unspecified atom stereocenters.